The fourth-order valence-electron chi connectivity index (χ4n) is 3.40. The molecule has 0 saturated heterocycles. The van der Waals surface area contributed by atoms with Gasteiger partial charge in [-0.15, -0.1) is 11.3 Å². The molecule has 0 aliphatic carbocycles. The van der Waals surface area contributed by atoms with E-state index >= 15 is 0 Å². The molecule has 0 aliphatic rings. The summed E-state index contributed by atoms with van der Waals surface area (Å²) in [4.78, 5) is 31.2. The zero-order valence-corrected chi connectivity index (χ0v) is 18.4. The van der Waals surface area contributed by atoms with E-state index in [4.69, 9.17) is 4.74 Å². The highest BCUT2D eigenvalue weighted by Gasteiger charge is 2.20. The van der Waals surface area contributed by atoms with Gasteiger partial charge in [0, 0.05) is 16.6 Å². The Morgan fingerprint density at radius 2 is 1.87 bits per heavy atom. The van der Waals surface area contributed by atoms with Gasteiger partial charge in [-0.05, 0) is 48.7 Å². The number of hydrogen-bond acceptors (Lipinski definition) is 5. The molecule has 0 saturated carbocycles. The molecule has 2 aromatic carbocycles. The van der Waals surface area contributed by atoms with Crippen molar-refractivity contribution in [3.05, 3.63) is 76.2 Å². The summed E-state index contributed by atoms with van der Waals surface area (Å²) in [7, 11) is 1.61. The lowest BCUT2D eigenvalue weighted by Crippen LogP contribution is -2.31. The zero-order valence-electron chi connectivity index (χ0n) is 17.6. The van der Waals surface area contributed by atoms with Crippen LogP contribution in [0.3, 0.4) is 0 Å². The molecule has 2 heterocycles. The van der Waals surface area contributed by atoms with Gasteiger partial charge in [0.25, 0.3) is 5.56 Å². The molecule has 1 unspecified atom stereocenters. The normalized spacial score (nSPS) is 12.0. The molecule has 31 heavy (non-hydrogen) atoms. The summed E-state index contributed by atoms with van der Waals surface area (Å²) in [6.45, 7) is 3.78. The largest absolute Gasteiger partial charge is 0.497 e. The van der Waals surface area contributed by atoms with Crippen LogP contribution < -0.4 is 15.6 Å². The van der Waals surface area contributed by atoms with Crippen LogP contribution in [-0.4, -0.2) is 22.6 Å². The Morgan fingerprint density at radius 3 is 2.52 bits per heavy atom. The van der Waals surface area contributed by atoms with Crippen LogP contribution >= 0.6 is 11.3 Å². The Kier molecular flexibility index (Phi) is 5.86. The van der Waals surface area contributed by atoms with E-state index in [0.29, 0.717) is 15.9 Å². The molecular formula is C24H23N3O3S. The number of hydrogen-bond donors (Lipinski definition) is 1. The smallest absolute Gasteiger partial charge is 0.263 e. The van der Waals surface area contributed by atoms with E-state index in [-0.39, 0.29) is 11.5 Å². The van der Waals surface area contributed by atoms with Gasteiger partial charge in [0.15, 0.2) is 0 Å². The molecular weight excluding hydrogens is 410 g/mol. The third-order valence-corrected chi connectivity index (χ3v) is 6.23. The van der Waals surface area contributed by atoms with E-state index in [1.807, 2.05) is 53.9 Å². The van der Waals surface area contributed by atoms with Gasteiger partial charge < -0.3 is 10.1 Å². The zero-order chi connectivity index (χ0) is 22.0. The molecule has 1 N–H and O–H groups in total. The average Bonchev–Trinajstić information content (AvgIpc) is 3.24. The summed E-state index contributed by atoms with van der Waals surface area (Å²) in [6.07, 6.45) is 2.38. The lowest BCUT2D eigenvalue weighted by Gasteiger charge is -2.15. The molecule has 1 amide bonds. The standard InChI is InChI=1S/C24H23N3O3S/c1-4-16-5-9-18(10-6-16)26-22(28)15(2)27-14-25-23-21(24(27)29)20(13-31-23)17-7-11-19(30-3)12-8-17/h5-15H,4H2,1-3H3,(H,26,28). The van der Waals surface area contributed by atoms with Crippen LogP contribution in [0.25, 0.3) is 21.3 Å². The van der Waals surface area contributed by atoms with Crippen molar-refractivity contribution in [2.24, 2.45) is 0 Å². The van der Waals surface area contributed by atoms with Crippen molar-refractivity contribution in [2.45, 2.75) is 26.3 Å². The molecule has 0 radical (unpaired) electrons. The van der Waals surface area contributed by atoms with Crippen LogP contribution in [0.1, 0.15) is 25.5 Å². The minimum Gasteiger partial charge on any atom is -0.497 e. The fourth-order valence-corrected chi connectivity index (χ4v) is 4.31. The summed E-state index contributed by atoms with van der Waals surface area (Å²) >= 11 is 1.41. The SMILES string of the molecule is CCc1ccc(NC(=O)C(C)n2cnc3scc(-c4ccc(OC)cc4)c3c2=O)cc1. The van der Waals surface area contributed by atoms with Crippen molar-refractivity contribution in [1.82, 2.24) is 9.55 Å². The molecule has 0 bridgehead atoms. The highest BCUT2D eigenvalue weighted by atomic mass is 32.1. The van der Waals surface area contributed by atoms with E-state index in [2.05, 4.69) is 17.2 Å². The summed E-state index contributed by atoms with van der Waals surface area (Å²) < 4.78 is 6.60. The fraction of sp³-hybridized carbons (Fsp3) is 0.208. The number of carbonyl (C=O) groups excluding carboxylic acids is 1. The molecule has 2 aromatic heterocycles. The van der Waals surface area contributed by atoms with Gasteiger partial charge in [-0.25, -0.2) is 4.98 Å². The Balaban J connectivity index is 1.66. The molecule has 158 valence electrons. The summed E-state index contributed by atoms with van der Waals surface area (Å²) in [5.74, 6) is 0.477. The van der Waals surface area contributed by atoms with Crippen molar-refractivity contribution in [2.75, 3.05) is 12.4 Å². The van der Waals surface area contributed by atoms with Crippen LogP contribution in [0.4, 0.5) is 5.69 Å². The first-order valence-electron chi connectivity index (χ1n) is 10.0. The van der Waals surface area contributed by atoms with Crippen LogP contribution in [0, 0.1) is 0 Å². The van der Waals surface area contributed by atoms with Gasteiger partial charge in [0.2, 0.25) is 5.91 Å². The number of benzene rings is 2. The highest BCUT2D eigenvalue weighted by Crippen LogP contribution is 2.31. The predicted molar refractivity (Wildman–Crippen MR) is 125 cm³/mol. The number of nitrogens with zero attached hydrogens (tertiary/aromatic N) is 2. The number of amides is 1. The number of carbonyl (C=O) groups is 1. The van der Waals surface area contributed by atoms with Gasteiger partial charge in [0.05, 0.1) is 18.8 Å². The summed E-state index contributed by atoms with van der Waals surface area (Å²) in [6, 6.07) is 14.5. The molecule has 4 rings (SSSR count). The van der Waals surface area contributed by atoms with Crippen molar-refractivity contribution >= 4 is 33.1 Å². The number of aryl methyl sites for hydroxylation is 1. The monoisotopic (exact) mass is 433 g/mol. The second kappa shape index (κ2) is 8.73. The van der Waals surface area contributed by atoms with Crippen molar-refractivity contribution in [1.29, 1.82) is 0 Å². The van der Waals surface area contributed by atoms with E-state index in [1.165, 1.54) is 27.8 Å². The number of ether oxygens (including phenoxy) is 1. The molecule has 0 aliphatic heterocycles. The van der Waals surface area contributed by atoms with Gasteiger partial charge in [-0.1, -0.05) is 31.2 Å². The first-order valence-corrected chi connectivity index (χ1v) is 10.9. The maximum absolute atomic E-state index is 13.3. The highest BCUT2D eigenvalue weighted by molar-refractivity contribution is 7.17. The first kappa shape index (κ1) is 20.8. The summed E-state index contributed by atoms with van der Waals surface area (Å²) in [5.41, 5.74) is 3.36. The van der Waals surface area contributed by atoms with Gasteiger partial charge in [-0.3, -0.25) is 14.2 Å². The third kappa shape index (κ3) is 4.09. The van der Waals surface area contributed by atoms with Crippen molar-refractivity contribution < 1.29 is 9.53 Å². The molecule has 0 fully saturated rings. The Labute approximate surface area is 184 Å². The Morgan fingerprint density at radius 1 is 1.16 bits per heavy atom. The molecule has 4 aromatic rings. The number of fused-ring (bicyclic) bond motifs is 1. The first-order chi connectivity index (χ1) is 15.0. The number of anilines is 1. The van der Waals surface area contributed by atoms with E-state index < -0.39 is 6.04 Å². The summed E-state index contributed by atoms with van der Waals surface area (Å²) in [5, 5.41) is 5.32. The second-order valence-electron chi connectivity index (χ2n) is 7.23. The maximum atomic E-state index is 13.3. The van der Waals surface area contributed by atoms with Crippen LogP contribution in [0.2, 0.25) is 0 Å². The van der Waals surface area contributed by atoms with Crippen LogP contribution in [-0.2, 0) is 11.2 Å². The number of thiophene rings is 1. The molecule has 7 heteroatoms. The number of rotatable bonds is 6. The second-order valence-corrected chi connectivity index (χ2v) is 8.09. The number of methoxy groups -OCH3 is 1. The van der Waals surface area contributed by atoms with E-state index in [0.717, 1.165) is 23.3 Å². The van der Waals surface area contributed by atoms with E-state index in [9.17, 15) is 9.59 Å². The predicted octanol–water partition coefficient (Wildman–Crippen LogP) is 4.90. The van der Waals surface area contributed by atoms with Gasteiger partial charge >= 0.3 is 0 Å². The molecule has 6 nitrogen and oxygen atoms in total. The van der Waals surface area contributed by atoms with Crippen LogP contribution in [0.5, 0.6) is 5.75 Å². The topological polar surface area (TPSA) is 73.2 Å². The number of aromatic nitrogens is 2. The molecule has 1 atom stereocenters. The lowest BCUT2D eigenvalue weighted by molar-refractivity contribution is -0.118. The lowest BCUT2D eigenvalue weighted by atomic mass is 10.1. The van der Waals surface area contributed by atoms with Gasteiger partial charge in [-0.2, -0.15) is 0 Å². The van der Waals surface area contributed by atoms with Gasteiger partial charge in [0.1, 0.15) is 16.6 Å². The van der Waals surface area contributed by atoms with E-state index in [1.54, 1.807) is 14.0 Å². The maximum Gasteiger partial charge on any atom is 0.263 e. The average molecular weight is 434 g/mol. The Hall–Kier alpha value is -3.45. The molecule has 0 spiro atoms. The minimum absolute atomic E-state index is 0.235. The van der Waals surface area contributed by atoms with Crippen molar-refractivity contribution in [3.63, 3.8) is 0 Å². The minimum atomic E-state index is -0.709. The Bertz CT molecular complexity index is 1270. The third-order valence-electron chi connectivity index (χ3n) is 5.35. The van der Waals surface area contributed by atoms with Crippen LogP contribution in [0.15, 0.2) is 65.0 Å². The quantitative estimate of drug-likeness (QED) is 0.470. The number of nitrogens with one attached hydrogen (secondary N) is 1. The van der Waals surface area contributed by atoms with Crippen molar-refractivity contribution in [3.8, 4) is 16.9 Å².